The van der Waals surface area contributed by atoms with Crippen molar-refractivity contribution in [2.45, 2.75) is 6.92 Å². The number of hydrogen-bond acceptors (Lipinski definition) is 5. The maximum absolute atomic E-state index is 12.3. The molecule has 0 spiro atoms. The molecule has 1 N–H and O–H groups in total. The van der Waals surface area contributed by atoms with Gasteiger partial charge in [-0.05, 0) is 60.2 Å². The topological polar surface area (TPSA) is 59.9 Å². The van der Waals surface area contributed by atoms with Crippen molar-refractivity contribution in [1.29, 1.82) is 0 Å². The van der Waals surface area contributed by atoms with Gasteiger partial charge in [0, 0.05) is 5.02 Å². The third-order valence-electron chi connectivity index (χ3n) is 3.87. The summed E-state index contributed by atoms with van der Waals surface area (Å²) in [5.74, 6) is 0.705. The first kappa shape index (κ1) is 19.6. The van der Waals surface area contributed by atoms with E-state index >= 15 is 0 Å². The SMILES string of the molecule is COc1cc(/C=C2/SC(=Nc3cccc(Cl)c3C)NC2=O)cc(Cl)c1OC. The maximum Gasteiger partial charge on any atom is 0.264 e. The van der Waals surface area contributed by atoms with Crippen molar-refractivity contribution >= 4 is 57.8 Å². The number of ether oxygens (including phenoxy) is 2. The molecule has 5 nitrogen and oxygen atoms in total. The fourth-order valence-corrected chi connectivity index (χ4v) is 3.78. The summed E-state index contributed by atoms with van der Waals surface area (Å²) in [5.41, 5.74) is 2.28. The number of amides is 1. The van der Waals surface area contributed by atoms with E-state index in [1.54, 1.807) is 24.3 Å². The van der Waals surface area contributed by atoms with E-state index in [0.29, 0.717) is 37.3 Å². The van der Waals surface area contributed by atoms with Crippen LogP contribution in [0.4, 0.5) is 5.69 Å². The number of methoxy groups -OCH3 is 2. The van der Waals surface area contributed by atoms with Gasteiger partial charge in [-0.15, -0.1) is 0 Å². The molecular formula is C19H16Cl2N2O3S. The Balaban J connectivity index is 1.91. The summed E-state index contributed by atoms with van der Waals surface area (Å²) in [7, 11) is 3.04. The molecule has 0 bridgehead atoms. The number of carbonyl (C=O) groups is 1. The lowest BCUT2D eigenvalue weighted by Crippen LogP contribution is -2.19. The third kappa shape index (κ3) is 4.24. The molecule has 1 fully saturated rings. The average molecular weight is 423 g/mol. The molecule has 2 aromatic rings. The number of halogens is 2. The lowest BCUT2D eigenvalue weighted by Gasteiger charge is -2.10. The highest BCUT2D eigenvalue weighted by atomic mass is 35.5. The van der Waals surface area contributed by atoms with Crippen LogP contribution in [0.2, 0.25) is 10.0 Å². The summed E-state index contributed by atoms with van der Waals surface area (Å²) >= 11 is 13.6. The Morgan fingerprint density at radius 1 is 1.15 bits per heavy atom. The molecule has 1 aliphatic rings. The highest BCUT2D eigenvalue weighted by molar-refractivity contribution is 8.18. The smallest absolute Gasteiger partial charge is 0.264 e. The summed E-state index contributed by atoms with van der Waals surface area (Å²) in [5, 5.41) is 4.27. The first-order chi connectivity index (χ1) is 12.9. The molecule has 0 radical (unpaired) electrons. The van der Waals surface area contributed by atoms with E-state index in [1.165, 1.54) is 26.0 Å². The second kappa shape index (κ2) is 8.25. The van der Waals surface area contributed by atoms with E-state index in [-0.39, 0.29) is 5.91 Å². The van der Waals surface area contributed by atoms with Gasteiger partial charge in [-0.25, -0.2) is 4.99 Å². The zero-order valence-electron chi connectivity index (χ0n) is 14.8. The Morgan fingerprint density at radius 3 is 2.63 bits per heavy atom. The summed E-state index contributed by atoms with van der Waals surface area (Å²) in [6.45, 7) is 1.88. The molecule has 0 saturated carbocycles. The Labute approximate surface area is 171 Å². The van der Waals surface area contributed by atoms with Gasteiger partial charge in [0.25, 0.3) is 5.91 Å². The van der Waals surface area contributed by atoms with Crippen molar-refractivity contribution in [3.8, 4) is 11.5 Å². The van der Waals surface area contributed by atoms with Gasteiger partial charge in [0.2, 0.25) is 0 Å². The fourth-order valence-electron chi connectivity index (χ4n) is 2.48. The number of thioether (sulfide) groups is 1. The predicted molar refractivity (Wildman–Crippen MR) is 112 cm³/mol. The molecule has 0 aliphatic carbocycles. The van der Waals surface area contributed by atoms with Crippen LogP contribution >= 0.6 is 35.0 Å². The molecule has 1 amide bonds. The minimum absolute atomic E-state index is 0.232. The van der Waals surface area contributed by atoms with Crippen LogP contribution in [-0.2, 0) is 4.79 Å². The van der Waals surface area contributed by atoms with E-state index in [4.69, 9.17) is 32.7 Å². The predicted octanol–water partition coefficient (Wildman–Crippen LogP) is 5.21. The zero-order chi connectivity index (χ0) is 19.6. The molecule has 0 aromatic heterocycles. The largest absolute Gasteiger partial charge is 0.493 e. The van der Waals surface area contributed by atoms with E-state index < -0.39 is 0 Å². The van der Waals surface area contributed by atoms with Gasteiger partial charge in [0.05, 0.1) is 29.8 Å². The molecule has 8 heteroatoms. The van der Waals surface area contributed by atoms with Crippen molar-refractivity contribution in [2.24, 2.45) is 4.99 Å². The molecule has 0 atom stereocenters. The van der Waals surface area contributed by atoms with E-state index in [0.717, 1.165) is 11.1 Å². The number of aliphatic imine (C=N–C) groups is 1. The van der Waals surface area contributed by atoms with E-state index in [2.05, 4.69) is 10.3 Å². The maximum atomic E-state index is 12.3. The lowest BCUT2D eigenvalue weighted by atomic mass is 10.2. The molecule has 140 valence electrons. The first-order valence-electron chi connectivity index (χ1n) is 7.89. The quantitative estimate of drug-likeness (QED) is 0.686. The number of amidine groups is 1. The van der Waals surface area contributed by atoms with Gasteiger partial charge in [-0.2, -0.15) is 0 Å². The van der Waals surface area contributed by atoms with Crippen LogP contribution in [0, 0.1) is 6.92 Å². The van der Waals surface area contributed by atoms with Gasteiger partial charge >= 0.3 is 0 Å². The van der Waals surface area contributed by atoms with Gasteiger partial charge in [0.15, 0.2) is 16.7 Å². The normalized spacial score (nSPS) is 16.7. The van der Waals surface area contributed by atoms with Gasteiger partial charge < -0.3 is 14.8 Å². The van der Waals surface area contributed by atoms with Crippen LogP contribution < -0.4 is 14.8 Å². The van der Waals surface area contributed by atoms with Crippen molar-refractivity contribution in [1.82, 2.24) is 5.32 Å². The Bertz CT molecular complexity index is 974. The minimum Gasteiger partial charge on any atom is -0.493 e. The van der Waals surface area contributed by atoms with Gasteiger partial charge in [-0.1, -0.05) is 29.3 Å². The van der Waals surface area contributed by atoms with Gasteiger partial charge in [0.1, 0.15) is 0 Å². The second-order valence-electron chi connectivity index (χ2n) is 5.60. The van der Waals surface area contributed by atoms with Crippen LogP contribution in [0.1, 0.15) is 11.1 Å². The number of nitrogens with zero attached hydrogens (tertiary/aromatic N) is 1. The summed E-state index contributed by atoms with van der Waals surface area (Å²) in [6.07, 6.45) is 1.72. The number of rotatable bonds is 4. The van der Waals surface area contributed by atoms with Crippen molar-refractivity contribution < 1.29 is 14.3 Å². The fraction of sp³-hybridized carbons (Fsp3) is 0.158. The van der Waals surface area contributed by atoms with Crippen LogP contribution in [0.5, 0.6) is 11.5 Å². The average Bonchev–Trinajstić information content (AvgIpc) is 2.97. The molecule has 1 heterocycles. The van der Waals surface area contributed by atoms with Crippen molar-refractivity contribution in [3.63, 3.8) is 0 Å². The Hall–Kier alpha value is -2.15. The monoisotopic (exact) mass is 422 g/mol. The first-order valence-corrected chi connectivity index (χ1v) is 9.46. The summed E-state index contributed by atoms with van der Waals surface area (Å²) in [6, 6.07) is 8.92. The standard InChI is InChI=1S/C19H16Cl2N2O3S/c1-10-12(20)5-4-6-14(10)22-19-23-18(24)16(27-19)9-11-7-13(21)17(26-3)15(8-11)25-2/h4-9H,1-3H3,(H,22,23,24)/b16-9+. The number of benzene rings is 2. The summed E-state index contributed by atoms with van der Waals surface area (Å²) < 4.78 is 10.5. The molecule has 27 heavy (non-hydrogen) atoms. The zero-order valence-corrected chi connectivity index (χ0v) is 17.1. The number of carbonyl (C=O) groups excluding carboxylic acids is 1. The molecule has 3 rings (SSSR count). The van der Waals surface area contributed by atoms with Crippen LogP contribution in [-0.4, -0.2) is 25.3 Å². The van der Waals surface area contributed by atoms with E-state index in [1.807, 2.05) is 19.1 Å². The number of nitrogens with one attached hydrogen (secondary N) is 1. The van der Waals surface area contributed by atoms with Crippen molar-refractivity contribution in [2.75, 3.05) is 14.2 Å². The van der Waals surface area contributed by atoms with Crippen LogP contribution in [0.25, 0.3) is 6.08 Å². The van der Waals surface area contributed by atoms with E-state index in [9.17, 15) is 4.79 Å². The van der Waals surface area contributed by atoms with Crippen LogP contribution in [0.15, 0.2) is 40.2 Å². The van der Waals surface area contributed by atoms with Gasteiger partial charge in [-0.3, -0.25) is 4.79 Å². The molecule has 1 saturated heterocycles. The lowest BCUT2D eigenvalue weighted by molar-refractivity contribution is -0.115. The molecular weight excluding hydrogens is 407 g/mol. The molecule has 1 aliphatic heterocycles. The minimum atomic E-state index is -0.232. The molecule has 0 unspecified atom stereocenters. The Morgan fingerprint density at radius 2 is 1.93 bits per heavy atom. The van der Waals surface area contributed by atoms with Crippen LogP contribution in [0.3, 0.4) is 0 Å². The summed E-state index contributed by atoms with van der Waals surface area (Å²) in [4.78, 5) is 17.3. The highest BCUT2D eigenvalue weighted by Gasteiger charge is 2.24. The Kier molecular flexibility index (Phi) is 5.99. The second-order valence-corrected chi connectivity index (χ2v) is 7.45. The molecule has 2 aromatic carbocycles. The number of hydrogen-bond donors (Lipinski definition) is 1. The third-order valence-corrected chi connectivity index (χ3v) is 5.47. The van der Waals surface area contributed by atoms with Crippen molar-refractivity contribution in [3.05, 3.63) is 56.4 Å². The highest BCUT2D eigenvalue weighted by Crippen LogP contribution is 2.38.